The minimum absolute atomic E-state index is 0.0323. The number of benzene rings is 2. The van der Waals surface area contributed by atoms with Crippen molar-refractivity contribution in [1.29, 1.82) is 0 Å². The van der Waals surface area contributed by atoms with Crippen LogP contribution in [0.4, 0.5) is 33.2 Å². The minimum Gasteiger partial charge on any atom is -0.338 e. The third kappa shape index (κ3) is 3.90. The van der Waals surface area contributed by atoms with Crippen LogP contribution >= 0.6 is 23.2 Å². The summed E-state index contributed by atoms with van der Waals surface area (Å²) in [4.78, 5) is 8.21. The van der Waals surface area contributed by atoms with E-state index in [2.05, 4.69) is 26.0 Å². The second kappa shape index (κ2) is 7.19. The van der Waals surface area contributed by atoms with Crippen LogP contribution in [-0.4, -0.2) is 22.0 Å². The van der Waals surface area contributed by atoms with Gasteiger partial charge in [-0.15, -0.1) is 0 Å². The van der Waals surface area contributed by atoms with Crippen molar-refractivity contribution in [2.75, 3.05) is 23.1 Å². The highest BCUT2D eigenvalue weighted by molar-refractivity contribution is 6.42. The Morgan fingerprint density at radius 2 is 1.85 bits per heavy atom. The number of hydrazine groups is 1. The lowest BCUT2D eigenvalue weighted by Gasteiger charge is -2.11. The van der Waals surface area contributed by atoms with Crippen molar-refractivity contribution in [2.45, 2.75) is 6.54 Å². The van der Waals surface area contributed by atoms with E-state index < -0.39 is 5.82 Å². The van der Waals surface area contributed by atoms with Gasteiger partial charge in [0.2, 0.25) is 5.95 Å². The largest absolute Gasteiger partial charge is 0.338 e. The molecule has 0 saturated heterocycles. The smallest absolute Gasteiger partial charge is 0.229 e. The monoisotopic (exact) mass is 404 g/mol. The summed E-state index contributed by atoms with van der Waals surface area (Å²) in [6, 6.07) is 10.8. The maximum atomic E-state index is 14.1. The van der Waals surface area contributed by atoms with Gasteiger partial charge in [-0.1, -0.05) is 29.3 Å². The SMILES string of the molecule is CN1Cc2ccc(Nc3ncc(F)c(Nc4ccc(Cl)c(Cl)c4)n3)cc2N1. The van der Waals surface area contributed by atoms with Gasteiger partial charge < -0.3 is 16.1 Å². The van der Waals surface area contributed by atoms with Gasteiger partial charge in [-0.2, -0.15) is 4.98 Å². The van der Waals surface area contributed by atoms with Crippen molar-refractivity contribution < 1.29 is 4.39 Å². The number of nitrogens with zero attached hydrogens (tertiary/aromatic N) is 3. The maximum absolute atomic E-state index is 14.1. The number of nitrogens with one attached hydrogen (secondary N) is 3. The predicted molar refractivity (Wildman–Crippen MR) is 107 cm³/mol. The van der Waals surface area contributed by atoms with Crippen LogP contribution in [0.15, 0.2) is 42.6 Å². The van der Waals surface area contributed by atoms with E-state index in [0.29, 0.717) is 15.7 Å². The van der Waals surface area contributed by atoms with Crippen molar-refractivity contribution in [3.63, 3.8) is 0 Å². The highest BCUT2D eigenvalue weighted by atomic mass is 35.5. The van der Waals surface area contributed by atoms with Gasteiger partial charge in [0.15, 0.2) is 11.6 Å². The van der Waals surface area contributed by atoms with Gasteiger partial charge >= 0.3 is 0 Å². The molecule has 0 spiro atoms. The normalized spacial score (nSPS) is 13.2. The maximum Gasteiger partial charge on any atom is 0.229 e. The molecule has 0 bridgehead atoms. The van der Waals surface area contributed by atoms with Gasteiger partial charge in [0.25, 0.3) is 0 Å². The Hall–Kier alpha value is -2.61. The second-order valence-corrected chi connectivity index (χ2v) is 6.92. The molecule has 0 unspecified atom stereocenters. The average molecular weight is 405 g/mol. The molecule has 0 fully saturated rings. The Morgan fingerprint density at radius 1 is 1.07 bits per heavy atom. The average Bonchev–Trinajstić information content (AvgIpc) is 3.00. The molecule has 1 aromatic heterocycles. The van der Waals surface area contributed by atoms with E-state index in [1.165, 1.54) is 5.56 Å². The van der Waals surface area contributed by atoms with Gasteiger partial charge in [-0.25, -0.2) is 14.4 Å². The second-order valence-electron chi connectivity index (χ2n) is 6.11. The molecule has 3 aromatic rings. The number of hydrogen-bond donors (Lipinski definition) is 3. The van der Waals surface area contributed by atoms with E-state index in [4.69, 9.17) is 23.2 Å². The molecular formula is C18H15Cl2FN6. The van der Waals surface area contributed by atoms with Gasteiger partial charge in [0.05, 0.1) is 21.9 Å². The zero-order valence-electron chi connectivity index (χ0n) is 14.2. The first-order chi connectivity index (χ1) is 13.0. The summed E-state index contributed by atoms with van der Waals surface area (Å²) in [6.45, 7) is 0.834. The standard InChI is InChI=1S/C18H15Cl2FN6/c1-27-9-10-2-3-12(7-16(10)26-27)24-18-22-8-15(21)17(25-18)23-11-4-5-13(19)14(20)6-11/h2-8,26H,9H2,1H3,(H2,22,23,24,25). The molecule has 6 nitrogen and oxygen atoms in total. The lowest BCUT2D eigenvalue weighted by Crippen LogP contribution is -2.16. The fraction of sp³-hybridized carbons (Fsp3) is 0.111. The third-order valence-corrected chi connectivity index (χ3v) is 4.75. The topological polar surface area (TPSA) is 65.1 Å². The van der Waals surface area contributed by atoms with Gasteiger partial charge in [-0.3, -0.25) is 0 Å². The molecule has 138 valence electrons. The molecule has 3 N–H and O–H groups in total. The highest BCUT2D eigenvalue weighted by Crippen LogP contribution is 2.30. The summed E-state index contributed by atoms with van der Waals surface area (Å²) in [7, 11) is 1.97. The van der Waals surface area contributed by atoms with E-state index >= 15 is 0 Å². The lowest BCUT2D eigenvalue weighted by atomic mass is 10.2. The fourth-order valence-corrected chi connectivity index (χ4v) is 3.05. The van der Waals surface area contributed by atoms with E-state index in [0.717, 1.165) is 24.1 Å². The Balaban J connectivity index is 1.55. The van der Waals surface area contributed by atoms with Crippen LogP contribution in [0.5, 0.6) is 0 Å². The van der Waals surface area contributed by atoms with Crippen molar-refractivity contribution in [2.24, 2.45) is 0 Å². The Bertz CT molecular complexity index is 1010. The van der Waals surface area contributed by atoms with Crippen LogP contribution in [0, 0.1) is 5.82 Å². The van der Waals surface area contributed by atoms with Crippen LogP contribution in [0.25, 0.3) is 0 Å². The molecule has 4 rings (SSSR count). The molecule has 27 heavy (non-hydrogen) atoms. The van der Waals surface area contributed by atoms with Crippen molar-refractivity contribution in [3.05, 3.63) is 64.0 Å². The third-order valence-electron chi connectivity index (χ3n) is 4.01. The van der Waals surface area contributed by atoms with E-state index in [-0.39, 0.29) is 11.8 Å². The van der Waals surface area contributed by atoms with Gasteiger partial charge in [-0.05, 0) is 35.9 Å². The lowest BCUT2D eigenvalue weighted by molar-refractivity contribution is 0.422. The predicted octanol–water partition coefficient (Wildman–Crippen LogP) is 5.18. The van der Waals surface area contributed by atoms with Crippen LogP contribution < -0.4 is 16.1 Å². The zero-order chi connectivity index (χ0) is 19.0. The Morgan fingerprint density at radius 3 is 2.67 bits per heavy atom. The fourth-order valence-electron chi connectivity index (χ4n) is 2.75. The Kier molecular flexibility index (Phi) is 4.73. The first-order valence-electron chi connectivity index (χ1n) is 8.10. The number of halogens is 3. The number of fused-ring (bicyclic) bond motifs is 1. The van der Waals surface area contributed by atoms with E-state index in [1.54, 1.807) is 18.2 Å². The molecular weight excluding hydrogens is 390 g/mol. The molecule has 0 aliphatic carbocycles. The van der Waals surface area contributed by atoms with Crippen LogP contribution in [-0.2, 0) is 6.54 Å². The molecule has 2 aromatic carbocycles. The Labute approximate surface area is 165 Å². The first-order valence-corrected chi connectivity index (χ1v) is 8.86. The molecule has 9 heteroatoms. The van der Waals surface area contributed by atoms with E-state index in [1.807, 2.05) is 30.3 Å². The highest BCUT2D eigenvalue weighted by Gasteiger charge is 2.15. The molecule has 0 amide bonds. The quantitative estimate of drug-likeness (QED) is 0.556. The van der Waals surface area contributed by atoms with Crippen LogP contribution in [0.3, 0.4) is 0 Å². The molecule has 1 aliphatic rings. The van der Waals surface area contributed by atoms with E-state index in [9.17, 15) is 4.39 Å². The van der Waals surface area contributed by atoms with Crippen LogP contribution in [0.2, 0.25) is 10.0 Å². The molecule has 0 atom stereocenters. The molecule has 0 saturated carbocycles. The van der Waals surface area contributed by atoms with Gasteiger partial charge in [0.1, 0.15) is 0 Å². The summed E-state index contributed by atoms with van der Waals surface area (Å²) < 4.78 is 14.1. The summed E-state index contributed by atoms with van der Waals surface area (Å²) in [5.74, 6) is -0.279. The molecule has 0 radical (unpaired) electrons. The zero-order valence-corrected chi connectivity index (χ0v) is 15.7. The number of hydrogen-bond acceptors (Lipinski definition) is 6. The summed E-state index contributed by atoms with van der Waals surface area (Å²) in [6.07, 6.45) is 1.11. The van der Waals surface area contributed by atoms with Gasteiger partial charge in [0, 0.05) is 25.0 Å². The van der Waals surface area contributed by atoms with Crippen LogP contribution in [0.1, 0.15) is 5.56 Å². The van der Waals surface area contributed by atoms with Crippen molar-refractivity contribution >= 4 is 52.0 Å². The first kappa shape index (κ1) is 17.8. The number of aromatic nitrogens is 2. The summed E-state index contributed by atoms with van der Waals surface area (Å²) in [5.41, 5.74) is 6.82. The minimum atomic E-state index is -0.580. The van der Waals surface area contributed by atoms with Crippen molar-refractivity contribution in [3.8, 4) is 0 Å². The summed E-state index contributed by atoms with van der Waals surface area (Å²) >= 11 is 11.9. The number of rotatable bonds is 4. The number of anilines is 5. The summed E-state index contributed by atoms with van der Waals surface area (Å²) in [5, 5.41) is 8.75. The van der Waals surface area contributed by atoms with Crippen molar-refractivity contribution in [1.82, 2.24) is 15.0 Å². The molecule has 2 heterocycles. The molecule has 1 aliphatic heterocycles.